The molecule has 0 saturated carbocycles. The molecule has 12 rings (SSSR count). The number of anilines is 3. The number of hydrogen-bond donors (Lipinski definition) is 0. The Morgan fingerprint density at radius 2 is 0.879 bits per heavy atom. The van der Waals surface area contributed by atoms with E-state index in [-0.39, 0.29) is 0 Å². The number of furan rings is 1. The van der Waals surface area contributed by atoms with E-state index in [1.165, 1.54) is 55.2 Å². The highest BCUT2D eigenvalue weighted by molar-refractivity contribution is 6.09. The average Bonchev–Trinajstić information content (AvgIpc) is 3.94. The first kappa shape index (κ1) is 32.6. The lowest BCUT2D eigenvalue weighted by Gasteiger charge is -2.34. The third kappa shape index (κ3) is 4.68. The second-order valence-corrected chi connectivity index (χ2v) is 15.3. The van der Waals surface area contributed by atoms with E-state index in [2.05, 4.69) is 216 Å². The van der Waals surface area contributed by atoms with E-state index in [9.17, 15) is 0 Å². The van der Waals surface area contributed by atoms with Crippen LogP contribution in [0.5, 0.6) is 0 Å². The zero-order chi connectivity index (χ0) is 38.2. The maximum absolute atomic E-state index is 6.31. The number of nitrogens with zero attached hydrogens (tertiary/aromatic N) is 2. The van der Waals surface area contributed by atoms with Gasteiger partial charge in [-0.25, -0.2) is 0 Å². The quantitative estimate of drug-likeness (QED) is 0.169. The minimum atomic E-state index is -0.462. The van der Waals surface area contributed by atoms with Gasteiger partial charge in [0.25, 0.3) is 0 Å². The molecule has 1 aliphatic rings. The number of hydrogen-bond acceptors (Lipinski definition) is 2. The minimum Gasteiger partial charge on any atom is -0.456 e. The molecule has 0 radical (unpaired) electrons. The Labute approximate surface area is 336 Å². The van der Waals surface area contributed by atoms with Gasteiger partial charge in [0.1, 0.15) is 11.2 Å². The second kappa shape index (κ2) is 12.7. The predicted octanol–water partition coefficient (Wildman–Crippen LogP) is 14.5. The summed E-state index contributed by atoms with van der Waals surface area (Å²) >= 11 is 0. The number of aromatic nitrogens is 1. The fraction of sp³-hybridized carbons (Fsp3) is 0.0182. The molecular formula is C55H36N2O. The first-order chi connectivity index (χ1) is 28.8. The van der Waals surface area contributed by atoms with Crippen LogP contribution >= 0.6 is 0 Å². The topological polar surface area (TPSA) is 21.3 Å². The predicted molar refractivity (Wildman–Crippen MR) is 240 cm³/mol. The summed E-state index contributed by atoms with van der Waals surface area (Å²) in [6, 6.07) is 79.3. The van der Waals surface area contributed by atoms with Crippen LogP contribution in [-0.4, -0.2) is 4.57 Å². The highest BCUT2D eigenvalue weighted by atomic mass is 16.3. The monoisotopic (exact) mass is 740 g/mol. The summed E-state index contributed by atoms with van der Waals surface area (Å²) in [5.41, 5.74) is 15.6. The Kier molecular flexibility index (Phi) is 7.14. The standard InChI is InChI=1S/C55H36N2O/c1-3-15-37(16-4-1)55(38-17-5-2-6-18-38)49-23-11-7-19-43(49)47-35-41(31-33-50(47)55)56(42-32-34-54-48(36-42)46-22-10-14-26-53(46)58-54)39-27-29-40(30-28-39)57-51-24-12-8-20-44(51)45-21-9-13-25-52(45)57/h1-36H. The minimum absolute atomic E-state index is 0.462. The SMILES string of the molecule is c1ccc(C2(c3ccccc3)c3ccccc3-c3cc(N(c4ccc(-n5c6ccccc6c6ccccc65)cc4)c4ccc5oc6ccccc6c5c4)ccc32)cc1. The summed E-state index contributed by atoms with van der Waals surface area (Å²) in [7, 11) is 0. The van der Waals surface area contributed by atoms with E-state index in [4.69, 9.17) is 4.42 Å². The lowest BCUT2D eigenvalue weighted by molar-refractivity contribution is 0.669. The van der Waals surface area contributed by atoms with E-state index in [0.717, 1.165) is 44.7 Å². The molecule has 272 valence electrons. The van der Waals surface area contributed by atoms with E-state index in [1.54, 1.807) is 0 Å². The van der Waals surface area contributed by atoms with Gasteiger partial charge >= 0.3 is 0 Å². The van der Waals surface area contributed by atoms with Crippen LogP contribution < -0.4 is 4.90 Å². The molecule has 3 nitrogen and oxygen atoms in total. The molecule has 2 heterocycles. The van der Waals surface area contributed by atoms with E-state index in [0.29, 0.717) is 0 Å². The number of rotatable bonds is 6. The highest BCUT2D eigenvalue weighted by Gasteiger charge is 2.46. The molecular weight excluding hydrogens is 705 g/mol. The molecule has 0 N–H and O–H groups in total. The van der Waals surface area contributed by atoms with Crippen LogP contribution in [-0.2, 0) is 5.41 Å². The zero-order valence-corrected chi connectivity index (χ0v) is 31.6. The van der Waals surface area contributed by atoms with Gasteiger partial charge in [0.05, 0.1) is 16.4 Å². The Bertz CT molecular complexity index is 3250. The molecule has 0 unspecified atom stereocenters. The van der Waals surface area contributed by atoms with Gasteiger partial charge in [-0.2, -0.15) is 0 Å². The molecule has 0 fully saturated rings. The Morgan fingerprint density at radius 3 is 1.59 bits per heavy atom. The van der Waals surface area contributed by atoms with Gasteiger partial charge in [0, 0.05) is 44.3 Å². The first-order valence-electron chi connectivity index (χ1n) is 19.9. The van der Waals surface area contributed by atoms with Gasteiger partial charge in [-0.05, 0) is 106 Å². The van der Waals surface area contributed by atoms with Gasteiger partial charge in [-0.3, -0.25) is 0 Å². The summed E-state index contributed by atoms with van der Waals surface area (Å²) < 4.78 is 8.69. The molecule has 58 heavy (non-hydrogen) atoms. The van der Waals surface area contributed by atoms with Crippen LogP contribution in [0.25, 0.3) is 60.6 Å². The number of benzene rings is 9. The van der Waals surface area contributed by atoms with Crippen molar-refractivity contribution in [3.05, 3.63) is 241 Å². The van der Waals surface area contributed by atoms with E-state index in [1.807, 2.05) is 12.1 Å². The normalized spacial score (nSPS) is 13.0. The lowest BCUT2D eigenvalue weighted by Crippen LogP contribution is -2.28. The smallest absolute Gasteiger partial charge is 0.135 e. The van der Waals surface area contributed by atoms with E-state index < -0.39 is 5.41 Å². The summed E-state index contributed by atoms with van der Waals surface area (Å²) in [4.78, 5) is 2.39. The summed E-state index contributed by atoms with van der Waals surface area (Å²) in [5.74, 6) is 0. The molecule has 0 atom stereocenters. The maximum Gasteiger partial charge on any atom is 0.135 e. The maximum atomic E-state index is 6.31. The molecule has 1 aliphatic carbocycles. The van der Waals surface area contributed by atoms with Gasteiger partial charge < -0.3 is 13.9 Å². The molecule has 0 amide bonds. The van der Waals surface area contributed by atoms with Crippen molar-refractivity contribution in [1.29, 1.82) is 0 Å². The summed E-state index contributed by atoms with van der Waals surface area (Å²) in [6.45, 7) is 0. The van der Waals surface area contributed by atoms with Crippen molar-refractivity contribution in [2.24, 2.45) is 0 Å². The number of para-hydroxylation sites is 3. The molecule has 0 aliphatic heterocycles. The molecule has 0 saturated heterocycles. The third-order valence-electron chi connectivity index (χ3n) is 12.3. The van der Waals surface area contributed by atoms with Gasteiger partial charge in [-0.15, -0.1) is 0 Å². The Hall–Kier alpha value is -7.62. The van der Waals surface area contributed by atoms with Gasteiger partial charge in [-0.1, -0.05) is 146 Å². The fourth-order valence-corrected chi connectivity index (χ4v) is 9.83. The molecule has 3 heteroatoms. The van der Waals surface area contributed by atoms with Crippen LogP contribution in [0, 0.1) is 0 Å². The van der Waals surface area contributed by atoms with Crippen molar-refractivity contribution in [3.63, 3.8) is 0 Å². The van der Waals surface area contributed by atoms with Crippen LogP contribution in [0.4, 0.5) is 17.1 Å². The molecule has 2 aromatic heterocycles. The Balaban J connectivity index is 1.08. The summed E-state index contributed by atoms with van der Waals surface area (Å²) in [5, 5.41) is 4.72. The van der Waals surface area contributed by atoms with Crippen molar-refractivity contribution in [2.75, 3.05) is 4.90 Å². The van der Waals surface area contributed by atoms with Crippen LogP contribution in [0.1, 0.15) is 22.3 Å². The highest BCUT2D eigenvalue weighted by Crippen LogP contribution is 2.57. The zero-order valence-electron chi connectivity index (χ0n) is 31.6. The molecule has 11 aromatic rings. The van der Waals surface area contributed by atoms with Crippen molar-refractivity contribution >= 4 is 60.8 Å². The van der Waals surface area contributed by atoms with Gasteiger partial charge in [0.15, 0.2) is 0 Å². The largest absolute Gasteiger partial charge is 0.456 e. The van der Waals surface area contributed by atoms with Crippen molar-refractivity contribution in [2.45, 2.75) is 5.41 Å². The molecule has 9 aromatic carbocycles. The average molecular weight is 741 g/mol. The molecule has 0 bridgehead atoms. The lowest BCUT2D eigenvalue weighted by atomic mass is 9.68. The van der Waals surface area contributed by atoms with Crippen LogP contribution in [0.2, 0.25) is 0 Å². The van der Waals surface area contributed by atoms with Crippen molar-refractivity contribution in [3.8, 4) is 16.8 Å². The fourth-order valence-electron chi connectivity index (χ4n) is 9.83. The van der Waals surface area contributed by atoms with Crippen molar-refractivity contribution in [1.82, 2.24) is 4.57 Å². The number of fused-ring (bicyclic) bond motifs is 9. The van der Waals surface area contributed by atoms with Gasteiger partial charge in [0.2, 0.25) is 0 Å². The van der Waals surface area contributed by atoms with Crippen LogP contribution in [0.3, 0.4) is 0 Å². The van der Waals surface area contributed by atoms with Crippen molar-refractivity contribution < 1.29 is 4.42 Å². The van der Waals surface area contributed by atoms with E-state index >= 15 is 0 Å². The second-order valence-electron chi connectivity index (χ2n) is 15.3. The molecule has 0 spiro atoms. The van der Waals surface area contributed by atoms with Crippen LogP contribution in [0.15, 0.2) is 223 Å². The summed E-state index contributed by atoms with van der Waals surface area (Å²) in [6.07, 6.45) is 0. The third-order valence-corrected chi connectivity index (χ3v) is 12.3. The Morgan fingerprint density at radius 1 is 0.362 bits per heavy atom. The first-order valence-corrected chi connectivity index (χ1v) is 19.9.